The lowest BCUT2D eigenvalue weighted by Crippen LogP contribution is -2.19. The van der Waals surface area contributed by atoms with Crippen molar-refractivity contribution in [2.24, 2.45) is 5.10 Å². The molecule has 126 valence electrons. The number of anilines is 1. The van der Waals surface area contributed by atoms with Gasteiger partial charge in [-0.1, -0.05) is 42.5 Å². The molecule has 1 aromatic heterocycles. The predicted molar refractivity (Wildman–Crippen MR) is 95.8 cm³/mol. The summed E-state index contributed by atoms with van der Waals surface area (Å²) in [4.78, 5) is 14.7. The van der Waals surface area contributed by atoms with E-state index in [1.54, 1.807) is 31.2 Å². The second-order valence-corrected chi connectivity index (χ2v) is 5.44. The first kappa shape index (κ1) is 16.4. The maximum absolute atomic E-state index is 12.1. The number of aromatic hydroxyl groups is 1. The molecule has 0 fully saturated rings. The minimum atomic E-state index is -0.322. The highest BCUT2D eigenvalue weighted by atomic mass is 16.3. The summed E-state index contributed by atoms with van der Waals surface area (Å²) in [6.45, 7) is 1.73. The zero-order valence-electron chi connectivity index (χ0n) is 13.6. The van der Waals surface area contributed by atoms with E-state index in [1.165, 1.54) is 0 Å². The molecule has 0 atom stereocenters. The lowest BCUT2D eigenvalue weighted by Gasteiger charge is -2.05. The van der Waals surface area contributed by atoms with Crippen molar-refractivity contribution in [3.8, 4) is 5.75 Å². The zero-order valence-corrected chi connectivity index (χ0v) is 13.6. The molecule has 3 N–H and O–H groups in total. The zero-order chi connectivity index (χ0) is 17.6. The molecule has 0 radical (unpaired) electrons. The molecule has 0 amide bonds. The average Bonchev–Trinajstić information content (AvgIpc) is 2.63. The SMILES string of the molecule is CC(=NNc1nnc(Cc2ccccc2)c(=O)[nH]1)c1ccccc1O. The van der Waals surface area contributed by atoms with Crippen molar-refractivity contribution in [3.63, 3.8) is 0 Å². The summed E-state index contributed by atoms with van der Waals surface area (Å²) in [5.74, 6) is 0.264. The third-order valence-corrected chi connectivity index (χ3v) is 3.60. The molecular formula is C18H17N5O2. The van der Waals surface area contributed by atoms with Crippen LogP contribution in [-0.4, -0.2) is 26.0 Å². The highest BCUT2D eigenvalue weighted by Gasteiger charge is 2.07. The van der Waals surface area contributed by atoms with Gasteiger partial charge in [-0.05, 0) is 24.6 Å². The van der Waals surface area contributed by atoms with Gasteiger partial charge in [0.25, 0.3) is 5.56 Å². The molecular weight excluding hydrogens is 318 g/mol. The number of benzene rings is 2. The summed E-state index contributed by atoms with van der Waals surface area (Å²) in [5.41, 5.74) is 4.78. The van der Waals surface area contributed by atoms with E-state index < -0.39 is 0 Å². The molecule has 0 saturated carbocycles. The fraction of sp³-hybridized carbons (Fsp3) is 0.111. The maximum Gasteiger partial charge on any atom is 0.274 e. The van der Waals surface area contributed by atoms with Gasteiger partial charge in [0.15, 0.2) is 0 Å². The summed E-state index contributed by atoms with van der Waals surface area (Å²) in [5, 5.41) is 21.8. The molecule has 0 aliphatic carbocycles. The van der Waals surface area contributed by atoms with Crippen LogP contribution in [0.3, 0.4) is 0 Å². The molecule has 2 aromatic carbocycles. The number of nitrogens with one attached hydrogen (secondary N) is 2. The number of para-hydroxylation sites is 1. The van der Waals surface area contributed by atoms with Crippen LogP contribution in [0.5, 0.6) is 5.75 Å². The van der Waals surface area contributed by atoms with E-state index in [0.717, 1.165) is 5.56 Å². The molecule has 0 spiro atoms. The Morgan fingerprint density at radius 1 is 1.12 bits per heavy atom. The first-order valence-electron chi connectivity index (χ1n) is 7.72. The van der Waals surface area contributed by atoms with Crippen molar-refractivity contribution < 1.29 is 5.11 Å². The number of nitrogens with zero attached hydrogens (tertiary/aromatic N) is 3. The predicted octanol–water partition coefficient (Wildman–Crippen LogP) is 2.30. The van der Waals surface area contributed by atoms with E-state index in [-0.39, 0.29) is 17.3 Å². The summed E-state index contributed by atoms with van der Waals surface area (Å²) in [7, 11) is 0. The Bertz CT molecular complexity index is 951. The molecule has 3 aromatic rings. The minimum absolute atomic E-state index is 0.128. The van der Waals surface area contributed by atoms with Gasteiger partial charge in [-0.2, -0.15) is 5.10 Å². The van der Waals surface area contributed by atoms with Crippen molar-refractivity contribution in [2.45, 2.75) is 13.3 Å². The monoisotopic (exact) mass is 335 g/mol. The number of aromatic nitrogens is 3. The number of H-pyrrole nitrogens is 1. The van der Waals surface area contributed by atoms with Crippen molar-refractivity contribution in [3.05, 3.63) is 81.8 Å². The van der Waals surface area contributed by atoms with Gasteiger partial charge in [-0.15, -0.1) is 10.2 Å². The van der Waals surface area contributed by atoms with E-state index in [9.17, 15) is 9.90 Å². The largest absolute Gasteiger partial charge is 0.507 e. The quantitative estimate of drug-likeness (QED) is 0.490. The topological polar surface area (TPSA) is 103 Å². The fourth-order valence-corrected chi connectivity index (χ4v) is 2.29. The second kappa shape index (κ2) is 7.39. The number of hydrogen-bond donors (Lipinski definition) is 3. The second-order valence-electron chi connectivity index (χ2n) is 5.44. The van der Waals surface area contributed by atoms with Gasteiger partial charge in [-0.25, -0.2) is 5.43 Å². The van der Waals surface area contributed by atoms with E-state index >= 15 is 0 Å². The van der Waals surface area contributed by atoms with E-state index in [0.29, 0.717) is 23.4 Å². The van der Waals surface area contributed by atoms with E-state index in [2.05, 4.69) is 25.7 Å². The number of aromatic amines is 1. The van der Waals surface area contributed by atoms with Gasteiger partial charge in [0.2, 0.25) is 5.95 Å². The van der Waals surface area contributed by atoms with Crippen molar-refractivity contribution in [2.75, 3.05) is 5.43 Å². The average molecular weight is 335 g/mol. The van der Waals surface area contributed by atoms with Gasteiger partial charge in [0.1, 0.15) is 11.4 Å². The Balaban J connectivity index is 1.74. The molecule has 7 nitrogen and oxygen atoms in total. The molecule has 0 aliphatic heterocycles. The van der Waals surface area contributed by atoms with Gasteiger partial charge >= 0.3 is 0 Å². The fourth-order valence-electron chi connectivity index (χ4n) is 2.29. The summed E-state index contributed by atoms with van der Waals surface area (Å²) < 4.78 is 0. The van der Waals surface area contributed by atoms with Crippen LogP contribution in [0.15, 0.2) is 64.5 Å². The van der Waals surface area contributed by atoms with Crippen LogP contribution in [0.25, 0.3) is 0 Å². The molecule has 7 heteroatoms. The van der Waals surface area contributed by atoms with Crippen LogP contribution in [0.1, 0.15) is 23.7 Å². The van der Waals surface area contributed by atoms with Crippen LogP contribution < -0.4 is 11.0 Å². The Morgan fingerprint density at radius 3 is 2.56 bits per heavy atom. The molecule has 0 aliphatic rings. The lowest BCUT2D eigenvalue weighted by molar-refractivity contribution is 0.474. The molecule has 1 heterocycles. The van der Waals surface area contributed by atoms with E-state index in [4.69, 9.17) is 0 Å². The standard InChI is InChI=1S/C18H17N5O2/c1-12(14-9-5-6-10-16(14)24)20-22-18-19-17(25)15(21-23-18)11-13-7-3-2-4-8-13/h2-10,24H,11H2,1H3,(H2,19,22,23,25). The van der Waals surface area contributed by atoms with Crippen molar-refractivity contribution >= 4 is 11.7 Å². The normalized spacial score (nSPS) is 11.3. The lowest BCUT2D eigenvalue weighted by atomic mass is 10.1. The van der Waals surface area contributed by atoms with Gasteiger partial charge in [0.05, 0.1) is 5.71 Å². The first-order chi connectivity index (χ1) is 12.1. The minimum Gasteiger partial charge on any atom is -0.507 e. The Labute approximate surface area is 144 Å². The Hall–Kier alpha value is -3.48. The van der Waals surface area contributed by atoms with Crippen LogP contribution in [0.2, 0.25) is 0 Å². The third kappa shape index (κ3) is 4.08. The third-order valence-electron chi connectivity index (χ3n) is 3.60. The maximum atomic E-state index is 12.1. The van der Waals surface area contributed by atoms with Crippen molar-refractivity contribution in [1.29, 1.82) is 0 Å². The number of rotatable bonds is 5. The van der Waals surface area contributed by atoms with Gasteiger partial charge in [-0.3, -0.25) is 9.78 Å². The Kier molecular flexibility index (Phi) is 4.84. The van der Waals surface area contributed by atoms with Crippen LogP contribution in [0.4, 0.5) is 5.95 Å². The van der Waals surface area contributed by atoms with Crippen LogP contribution in [-0.2, 0) is 6.42 Å². The van der Waals surface area contributed by atoms with Crippen LogP contribution >= 0.6 is 0 Å². The van der Waals surface area contributed by atoms with E-state index in [1.807, 2.05) is 30.3 Å². The summed E-state index contributed by atoms with van der Waals surface area (Å²) in [6.07, 6.45) is 0.406. The molecule has 3 rings (SSSR count). The summed E-state index contributed by atoms with van der Waals surface area (Å²) in [6, 6.07) is 16.4. The molecule has 25 heavy (non-hydrogen) atoms. The van der Waals surface area contributed by atoms with Gasteiger partial charge in [0, 0.05) is 12.0 Å². The highest BCUT2D eigenvalue weighted by molar-refractivity contribution is 6.01. The number of hydrazone groups is 1. The smallest absolute Gasteiger partial charge is 0.274 e. The molecule has 0 saturated heterocycles. The number of phenolic OH excluding ortho intramolecular Hbond substituents is 1. The Morgan fingerprint density at radius 2 is 1.84 bits per heavy atom. The number of phenols is 1. The van der Waals surface area contributed by atoms with Crippen molar-refractivity contribution in [1.82, 2.24) is 15.2 Å². The summed E-state index contributed by atoms with van der Waals surface area (Å²) >= 11 is 0. The first-order valence-corrected chi connectivity index (χ1v) is 7.72. The van der Waals surface area contributed by atoms with Crippen LogP contribution in [0, 0.1) is 0 Å². The molecule has 0 bridgehead atoms. The number of hydrogen-bond acceptors (Lipinski definition) is 6. The van der Waals surface area contributed by atoms with Gasteiger partial charge < -0.3 is 5.11 Å². The molecule has 0 unspecified atom stereocenters. The highest BCUT2D eigenvalue weighted by Crippen LogP contribution is 2.16.